The first-order valence-corrected chi connectivity index (χ1v) is 26.8. The number of H-pyrrole nitrogens is 1. The number of carbonyl (C=O) groups is 12. The molecule has 0 aliphatic carbocycles. The number of rotatable bonds is 36. The maximum absolute atomic E-state index is 14.2. The molecule has 9 atom stereocenters. The summed E-state index contributed by atoms with van der Waals surface area (Å²) in [5.41, 5.74) is 24.5. The summed E-state index contributed by atoms with van der Waals surface area (Å²) in [5.74, 6) is -13.9. The highest BCUT2D eigenvalue weighted by Gasteiger charge is 2.36. The Morgan fingerprint density at radius 3 is 1.64 bits per heavy atom. The van der Waals surface area contributed by atoms with E-state index < -0.39 is 158 Å². The van der Waals surface area contributed by atoms with Crippen molar-refractivity contribution in [3.8, 4) is 0 Å². The average Bonchev–Trinajstić information content (AvgIpc) is 3.96. The third-order valence-corrected chi connectivity index (χ3v) is 13.0. The van der Waals surface area contributed by atoms with Crippen molar-refractivity contribution >= 4 is 87.9 Å². The van der Waals surface area contributed by atoms with Crippen LogP contribution in [0.3, 0.4) is 0 Å². The SMILES string of the molecule is CC(O)C(NC(=O)C(Cc1ccccc1)NC(=O)CNC(=O)C(CCCN=C(N)N)NC(=O)C(Cc1ccccc1)NC(=O)C(N)CCC(=O)O)C(=O)NC(CCC(N)=O)C(=O)NC(CC(=O)O)C(=O)NC(Cc1c[nH]c2ccccc12)C(=O)O. The van der Waals surface area contributed by atoms with Crippen LogP contribution in [0.15, 0.2) is 96.1 Å². The van der Waals surface area contributed by atoms with E-state index in [-0.39, 0.29) is 51.0 Å². The molecule has 0 aliphatic rings. The molecule has 1 aromatic heterocycles. The fraction of sp³-hybridized carbons (Fsp3) is 0.400. The summed E-state index contributed by atoms with van der Waals surface area (Å²) in [4.78, 5) is 165. The van der Waals surface area contributed by atoms with Gasteiger partial charge in [0.1, 0.15) is 42.3 Å². The molecular weight excluding hydrogens is 1110 g/mol. The van der Waals surface area contributed by atoms with Crippen molar-refractivity contribution in [1.29, 1.82) is 0 Å². The highest BCUT2D eigenvalue weighted by molar-refractivity contribution is 5.99. The fourth-order valence-corrected chi connectivity index (χ4v) is 8.51. The number of carbonyl (C=O) groups excluding carboxylic acids is 9. The van der Waals surface area contributed by atoms with Crippen LogP contribution in [0.5, 0.6) is 0 Å². The number of benzene rings is 3. The topological polar surface area (TPSA) is 514 Å². The van der Waals surface area contributed by atoms with E-state index >= 15 is 0 Å². The Kier molecular flexibility index (Phi) is 26.9. The van der Waals surface area contributed by atoms with Gasteiger partial charge in [-0.05, 0) is 55.4 Å². The van der Waals surface area contributed by atoms with Crippen LogP contribution >= 0.6 is 0 Å². The number of carboxylic acids is 3. The summed E-state index contributed by atoms with van der Waals surface area (Å²) < 4.78 is 0. The predicted molar refractivity (Wildman–Crippen MR) is 304 cm³/mol. The molecule has 0 saturated heterocycles. The van der Waals surface area contributed by atoms with Gasteiger partial charge < -0.3 is 90.9 Å². The molecule has 4 aromatic rings. The van der Waals surface area contributed by atoms with Crippen LogP contribution in [-0.4, -0.2) is 170 Å². The lowest BCUT2D eigenvalue weighted by Crippen LogP contribution is -2.61. The van der Waals surface area contributed by atoms with Crippen LogP contribution in [0.4, 0.5) is 0 Å². The molecule has 0 fully saturated rings. The molecule has 4 rings (SSSR count). The minimum absolute atomic E-state index is 0.00466. The third-order valence-electron chi connectivity index (χ3n) is 13.0. The third kappa shape index (κ3) is 23.4. The highest BCUT2D eigenvalue weighted by Crippen LogP contribution is 2.20. The van der Waals surface area contributed by atoms with Gasteiger partial charge in [-0.1, -0.05) is 78.9 Å². The summed E-state index contributed by atoms with van der Waals surface area (Å²) in [6, 6.07) is 10.6. The zero-order valence-electron chi connectivity index (χ0n) is 46.3. The second-order valence-electron chi connectivity index (χ2n) is 19.7. The molecule has 1 heterocycles. The number of aromatic amines is 1. The molecular formula is C55H72N14O16. The normalized spacial score (nSPS) is 14.1. The molecule has 0 spiro atoms. The van der Waals surface area contributed by atoms with E-state index in [1.165, 1.54) is 6.20 Å². The number of para-hydroxylation sites is 1. The Balaban J connectivity index is 1.51. The van der Waals surface area contributed by atoms with Crippen LogP contribution in [0.2, 0.25) is 0 Å². The molecule has 21 N–H and O–H groups in total. The number of fused-ring (bicyclic) bond motifs is 1. The van der Waals surface area contributed by atoms with Gasteiger partial charge >= 0.3 is 17.9 Å². The first-order chi connectivity index (χ1) is 40.3. The van der Waals surface area contributed by atoms with E-state index in [1.54, 1.807) is 84.9 Å². The van der Waals surface area contributed by atoms with E-state index in [4.69, 9.17) is 28.0 Å². The van der Waals surface area contributed by atoms with E-state index in [2.05, 4.69) is 52.5 Å². The van der Waals surface area contributed by atoms with Gasteiger partial charge in [0.2, 0.25) is 53.2 Å². The van der Waals surface area contributed by atoms with Crippen LogP contribution < -0.4 is 65.5 Å². The molecule has 3 aromatic carbocycles. The number of nitrogens with one attached hydrogen (secondary N) is 9. The minimum Gasteiger partial charge on any atom is -0.481 e. The largest absolute Gasteiger partial charge is 0.481 e. The van der Waals surface area contributed by atoms with E-state index in [9.17, 15) is 72.9 Å². The molecule has 458 valence electrons. The summed E-state index contributed by atoms with van der Waals surface area (Å²) in [6.07, 6.45) is -3.73. The van der Waals surface area contributed by atoms with Gasteiger partial charge in [-0.15, -0.1) is 0 Å². The van der Waals surface area contributed by atoms with Crippen LogP contribution in [0.1, 0.15) is 68.6 Å². The van der Waals surface area contributed by atoms with Crippen LogP contribution in [0.25, 0.3) is 10.9 Å². The van der Waals surface area contributed by atoms with Crippen molar-refractivity contribution in [1.82, 2.24) is 47.5 Å². The Bertz CT molecular complexity index is 3030. The zero-order chi connectivity index (χ0) is 62.8. The second kappa shape index (κ2) is 33.8. The minimum atomic E-state index is -1.96. The van der Waals surface area contributed by atoms with Crippen molar-refractivity contribution in [3.63, 3.8) is 0 Å². The number of primary amides is 1. The number of nitrogens with zero attached hydrogens (tertiary/aromatic N) is 1. The quantitative estimate of drug-likeness (QED) is 0.0118. The number of guanidine groups is 1. The van der Waals surface area contributed by atoms with Gasteiger partial charge in [0.25, 0.3) is 0 Å². The summed E-state index contributed by atoms with van der Waals surface area (Å²) in [6.45, 7) is 0.275. The smallest absolute Gasteiger partial charge is 0.326 e. The maximum Gasteiger partial charge on any atom is 0.326 e. The number of aliphatic hydroxyl groups is 1. The number of carboxylic acid groups (broad SMARTS) is 3. The number of aliphatic hydroxyl groups excluding tert-OH is 1. The van der Waals surface area contributed by atoms with Crippen LogP contribution in [0, 0.1) is 0 Å². The van der Waals surface area contributed by atoms with Gasteiger partial charge in [0.15, 0.2) is 5.96 Å². The molecule has 30 heteroatoms. The van der Waals surface area contributed by atoms with Crippen molar-refractivity contribution < 1.29 is 78.0 Å². The molecule has 30 nitrogen and oxygen atoms in total. The average molecular weight is 1190 g/mol. The predicted octanol–water partition coefficient (Wildman–Crippen LogP) is -3.84. The number of aliphatic carboxylic acids is 3. The molecule has 0 radical (unpaired) electrons. The molecule has 9 unspecified atom stereocenters. The van der Waals surface area contributed by atoms with E-state index in [0.29, 0.717) is 27.6 Å². The number of hydrogen-bond acceptors (Lipinski definition) is 15. The standard InChI is InChI=1S/C55H72N14O16/c1-29(70)46(53(83)65-37(19-20-42(57)71)49(79)67-40(26-45(75)76)51(81)68-41(54(84)85)25-32-27-61-35-16-9-8-15-33(32)35)69-52(82)38(23-30-11-4-2-5-12-30)63-43(72)28-62-48(78)36(17-10-22-60-55(58)59)64-50(80)39(24-31-13-6-3-7-14-31)66-47(77)34(56)18-21-44(73)74/h2-9,11-16,27,29,34,36-41,46,61,70H,10,17-26,28,56H2,1H3,(H2,57,71)(H,62,78)(H,63,72)(H,64,80)(H,65,83)(H,66,77)(H,67,79)(H,68,81)(H,69,82)(H,73,74)(H,75,76)(H,84,85)(H4,58,59,60). The zero-order valence-corrected chi connectivity index (χ0v) is 46.3. The van der Waals surface area contributed by atoms with Crippen molar-refractivity contribution in [3.05, 3.63) is 108 Å². The maximum atomic E-state index is 14.2. The number of aromatic nitrogens is 1. The fourth-order valence-electron chi connectivity index (χ4n) is 8.51. The molecule has 0 bridgehead atoms. The van der Waals surface area contributed by atoms with Crippen LogP contribution in [-0.2, 0) is 76.8 Å². The van der Waals surface area contributed by atoms with E-state index in [1.807, 2.05) is 0 Å². The Morgan fingerprint density at radius 1 is 0.541 bits per heavy atom. The number of hydrogen-bond donors (Lipinski definition) is 17. The summed E-state index contributed by atoms with van der Waals surface area (Å²) in [7, 11) is 0. The lowest BCUT2D eigenvalue weighted by atomic mass is 10.0. The lowest BCUT2D eigenvalue weighted by Gasteiger charge is -2.28. The van der Waals surface area contributed by atoms with Gasteiger partial charge in [0, 0.05) is 55.7 Å². The Morgan fingerprint density at radius 2 is 1.06 bits per heavy atom. The van der Waals surface area contributed by atoms with E-state index in [0.717, 1.165) is 6.92 Å². The molecule has 9 amide bonds. The van der Waals surface area contributed by atoms with Gasteiger partial charge in [-0.3, -0.25) is 57.7 Å². The highest BCUT2D eigenvalue weighted by atomic mass is 16.4. The number of aliphatic imine (C=N–C) groups is 1. The lowest BCUT2D eigenvalue weighted by molar-refractivity contribution is -0.144. The Hall–Kier alpha value is -9.97. The summed E-state index contributed by atoms with van der Waals surface area (Å²) >= 11 is 0. The van der Waals surface area contributed by atoms with Gasteiger partial charge in [-0.2, -0.15) is 0 Å². The van der Waals surface area contributed by atoms with Crippen molar-refractivity contribution in [2.24, 2.45) is 27.9 Å². The molecule has 0 saturated carbocycles. The van der Waals surface area contributed by atoms with Gasteiger partial charge in [-0.25, -0.2) is 4.79 Å². The number of nitrogens with two attached hydrogens (primary N) is 4. The molecule has 85 heavy (non-hydrogen) atoms. The van der Waals surface area contributed by atoms with Crippen molar-refractivity contribution in [2.75, 3.05) is 13.1 Å². The summed E-state index contributed by atoms with van der Waals surface area (Å²) in [5, 5.41) is 59.4. The second-order valence-corrected chi connectivity index (χ2v) is 19.7. The first kappa shape index (κ1) is 67.5. The monoisotopic (exact) mass is 1180 g/mol. The molecule has 0 aliphatic heterocycles. The first-order valence-electron chi connectivity index (χ1n) is 26.8. The van der Waals surface area contributed by atoms with Gasteiger partial charge in [0.05, 0.1) is 25.1 Å². The van der Waals surface area contributed by atoms with Crippen molar-refractivity contribution in [2.45, 2.75) is 126 Å². The Labute approximate surface area is 486 Å². The number of amides is 9.